The molecule has 0 rings (SSSR count). The summed E-state index contributed by atoms with van der Waals surface area (Å²) in [5, 5.41) is 8.78. The normalized spacial score (nSPS) is 14.2. The summed E-state index contributed by atoms with van der Waals surface area (Å²) >= 11 is 0. The van der Waals surface area contributed by atoms with Crippen LogP contribution in [0.2, 0.25) is 0 Å². The van der Waals surface area contributed by atoms with Crippen molar-refractivity contribution < 1.29 is 37.9 Å². The number of aliphatic hydroxyl groups is 1. The Bertz CT molecular complexity index is 1040. The number of nitrogens with two attached hydrogens (primary N) is 1. The molecule has 0 saturated heterocycles. The van der Waals surface area contributed by atoms with Crippen molar-refractivity contribution in [1.29, 1.82) is 0 Å². The van der Waals surface area contributed by atoms with E-state index in [4.69, 9.17) is 29.4 Å². The lowest BCUT2D eigenvalue weighted by Crippen LogP contribution is -2.27. The average Bonchev–Trinajstić information content (AvgIpc) is 3.15. The standard InChI is InChI=1S/C43H76NO8P/c1-2-3-4-5-6-7-8-9-10-16-19-22-25-28-31-34-38-49-40-42(41-51-53(47,48)50-39-36-44)52-43(46)35-32-29-26-23-20-17-14-12-11-13-15-18-21-24-27-30-33-37-45/h11,13-14,17-18,21,23,25-26,28,34,38,42,45H,2-10,12,15-16,19-20,22,24,27,29-33,35-37,39-41,44H2,1H3,(H,47,48)/b13-11-,17-14-,21-18-,26-23-,28-25-,38-34-. The van der Waals surface area contributed by atoms with Crippen LogP contribution < -0.4 is 5.73 Å². The quantitative estimate of drug-likeness (QED) is 0.0183. The Morgan fingerprint density at radius 3 is 1.62 bits per heavy atom. The largest absolute Gasteiger partial charge is 0.498 e. The second-order valence-corrected chi connectivity index (χ2v) is 14.7. The van der Waals surface area contributed by atoms with E-state index in [2.05, 4.69) is 67.7 Å². The fourth-order valence-electron chi connectivity index (χ4n) is 5.21. The summed E-state index contributed by atoms with van der Waals surface area (Å²) < 4.78 is 33.0. The highest BCUT2D eigenvalue weighted by Gasteiger charge is 2.25. The second-order valence-electron chi connectivity index (χ2n) is 13.3. The van der Waals surface area contributed by atoms with E-state index in [1.807, 2.05) is 6.08 Å². The van der Waals surface area contributed by atoms with Gasteiger partial charge < -0.3 is 25.2 Å². The molecule has 0 bridgehead atoms. The predicted octanol–water partition coefficient (Wildman–Crippen LogP) is 11.3. The maximum Gasteiger partial charge on any atom is 0.472 e. The number of aliphatic hydroxyl groups excluding tert-OH is 1. The maximum absolute atomic E-state index is 12.5. The van der Waals surface area contributed by atoms with Crippen LogP contribution in [0.15, 0.2) is 73.1 Å². The molecule has 2 atom stereocenters. The number of ether oxygens (including phenoxy) is 2. The van der Waals surface area contributed by atoms with E-state index in [0.717, 1.165) is 64.2 Å². The monoisotopic (exact) mass is 766 g/mol. The van der Waals surface area contributed by atoms with Gasteiger partial charge in [0, 0.05) is 19.6 Å². The fourth-order valence-corrected chi connectivity index (χ4v) is 5.98. The van der Waals surface area contributed by atoms with Gasteiger partial charge in [-0.2, -0.15) is 0 Å². The number of esters is 1. The molecule has 10 heteroatoms. The molecule has 4 N–H and O–H groups in total. The summed E-state index contributed by atoms with van der Waals surface area (Å²) in [4.78, 5) is 22.4. The number of allylic oxidation sites excluding steroid dienone is 11. The van der Waals surface area contributed by atoms with Crippen molar-refractivity contribution in [3.05, 3.63) is 73.1 Å². The Labute approximate surface area is 323 Å². The third kappa shape index (κ3) is 40.8. The van der Waals surface area contributed by atoms with Gasteiger partial charge >= 0.3 is 13.8 Å². The average molecular weight is 766 g/mol. The number of carbonyl (C=O) groups excluding carboxylic acids is 1. The maximum atomic E-state index is 12.5. The fraction of sp³-hybridized carbons (Fsp3) is 0.698. The summed E-state index contributed by atoms with van der Waals surface area (Å²) in [6.07, 6.45) is 48.9. The molecule has 53 heavy (non-hydrogen) atoms. The highest BCUT2D eigenvalue weighted by Crippen LogP contribution is 2.43. The van der Waals surface area contributed by atoms with E-state index in [0.29, 0.717) is 6.42 Å². The first-order valence-corrected chi connectivity index (χ1v) is 22.1. The van der Waals surface area contributed by atoms with Crippen molar-refractivity contribution in [2.75, 3.05) is 33.0 Å². The van der Waals surface area contributed by atoms with Gasteiger partial charge in [0.25, 0.3) is 0 Å². The van der Waals surface area contributed by atoms with Crippen LogP contribution in [-0.2, 0) is 27.9 Å². The molecule has 0 fully saturated rings. The minimum absolute atomic E-state index is 0.0220. The molecule has 0 aromatic rings. The lowest BCUT2D eigenvalue weighted by molar-refractivity contribution is -0.153. The van der Waals surface area contributed by atoms with Crippen molar-refractivity contribution in [2.45, 2.75) is 161 Å². The zero-order valence-corrected chi connectivity index (χ0v) is 34.1. The molecular weight excluding hydrogens is 689 g/mol. The third-order valence-corrected chi connectivity index (χ3v) is 9.23. The summed E-state index contributed by atoms with van der Waals surface area (Å²) in [6.45, 7) is 2.12. The highest BCUT2D eigenvalue weighted by atomic mass is 31.2. The molecule has 0 aliphatic heterocycles. The van der Waals surface area contributed by atoms with Crippen LogP contribution >= 0.6 is 7.82 Å². The summed E-state index contributed by atoms with van der Waals surface area (Å²) in [5.74, 6) is -0.427. The first-order valence-electron chi connectivity index (χ1n) is 20.6. The number of hydrogen-bond acceptors (Lipinski definition) is 8. The van der Waals surface area contributed by atoms with Gasteiger partial charge in [0.15, 0.2) is 6.10 Å². The molecule has 0 heterocycles. The van der Waals surface area contributed by atoms with E-state index in [9.17, 15) is 14.3 Å². The molecule has 9 nitrogen and oxygen atoms in total. The van der Waals surface area contributed by atoms with Gasteiger partial charge in [-0.25, -0.2) is 4.57 Å². The topological polar surface area (TPSA) is 138 Å². The van der Waals surface area contributed by atoms with Crippen LogP contribution in [0, 0.1) is 0 Å². The first-order chi connectivity index (χ1) is 25.9. The van der Waals surface area contributed by atoms with Crippen molar-refractivity contribution in [1.82, 2.24) is 0 Å². The van der Waals surface area contributed by atoms with Crippen molar-refractivity contribution in [2.24, 2.45) is 5.73 Å². The number of unbranched alkanes of at least 4 members (excludes halogenated alkanes) is 15. The Kier molecular flexibility index (Phi) is 39.2. The molecule has 306 valence electrons. The molecule has 0 radical (unpaired) electrons. The number of carbonyl (C=O) groups is 1. The molecule has 2 unspecified atom stereocenters. The van der Waals surface area contributed by atoms with E-state index in [1.165, 1.54) is 70.6 Å². The number of phosphoric ester groups is 1. The van der Waals surface area contributed by atoms with Crippen LogP contribution in [0.3, 0.4) is 0 Å². The number of rotatable bonds is 39. The van der Waals surface area contributed by atoms with Gasteiger partial charge in [0.1, 0.15) is 6.61 Å². The Balaban J connectivity index is 4.27. The van der Waals surface area contributed by atoms with Crippen LogP contribution in [0.1, 0.15) is 155 Å². The molecule has 0 amide bonds. The molecule has 0 aliphatic rings. The van der Waals surface area contributed by atoms with E-state index in [1.54, 1.807) is 6.26 Å². The molecule has 0 saturated carbocycles. The molecular formula is C43H76NO8P. The smallest absolute Gasteiger partial charge is 0.472 e. The Morgan fingerprint density at radius 2 is 1.09 bits per heavy atom. The predicted molar refractivity (Wildman–Crippen MR) is 220 cm³/mol. The molecule has 0 aromatic heterocycles. The Hall–Kier alpha value is -2.26. The Morgan fingerprint density at radius 1 is 0.623 bits per heavy atom. The van der Waals surface area contributed by atoms with Gasteiger partial charge in [0.05, 0.1) is 19.5 Å². The van der Waals surface area contributed by atoms with Crippen molar-refractivity contribution in [3.63, 3.8) is 0 Å². The van der Waals surface area contributed by atoms with Gasteiger partial charge in [-0.05, 0) is 76.7 Å². The van der Waals surface area contributed by atoms with Gasteiger partial charge in [-0.3, -0.25) is 13.8 Å². The SMILES string of the molecule is CCCCCCCCCCCCC/C=C\C/C=C\OCC(COP(=O)(O)OCCN)OC(=O)CCC/C=C\C/C=C\C/C=C\C/C=C\CCCCCO. The molecule has 0 aromatic carbocycles. The number of hydrogen-bond donors (Lipinski definition) is 3. The van der Waals surface area contributed by atoms with Gasteiger partial charge in [-0.1, -0.05) is 138 Å². The summed E-state index contributed by atoms with van der Waals surface area (Å²) in [7, 11) is -4.32. The van der Waals surface area contributed by atoms with Gasteiger partial charge in [0.2, 0.25) is 0 Å². The summed E-state index contributed by atoms with van der Waals surface area (Å²) in [5.41, 5.74) is 5.35. The van der Waals surface area contributed by atoms with Crippen LogP contribution in [0.5, 0.6) is 0 Å². The lowest BCUT2D eigenvalue weighted by Gasteiger charge is -2.19. The zero-order valence-electron chi connectivity index (χ0n) is 33.2. The van der Waals surface area contributed by atoms with Gasteiger partial charge in [-0.15, -0.1) is 0 Å². The molecule has 0 spiro atoms. The van der Waals surface area contributed by atoms with Crippen molar-refractivity contribution >= 4 is 13.8 Å². The first kappa shape index (κ1) is 50.7. The minimum atomic E-state index is -4.32. The van der Waals surface area contributed by atoms with E-state index >= 15 is 0 Å². The van der Waals surface area contributed by atoms with Crippen LogP contribution in [0.25, 0.3) is 0 Å². The zero-order chi connectivity index (χ0) is 38.8. The lowest BCUT2D eigenvalue weighted by atomic mass is 10.1. The minimum Gasteiger partial charge on any atom is -0.498 e. The number of phosphoric acid groups is 1. The van der Waals surface area contributed by atoms with Crippen molar-refractivity contribution in [3.8, 4) is 0 Å². The van der Waals surface area contributed by atoms with E-state index < -0.39 is 19.9 Å². The van der Waals surface area contributed by atoms with Crippen LogP contribution in [-0.4, -0.2) is 55.0 Å². The highest BCUT2D eigenvalue weighted by molar-refractivity contribution is 7.47. The summed E-state index contributed by atoms with van der Waals surface area (Å²) in [6, 6.07) is 0. The van der Waals surface area contributed by atoms with Crippen LogP contribution in [0.4, 0.5) is 0 Å². The second kappa shape index (κ2) is 40.9. The van der Waals surface area contributed by atoms with E-state index in [-0.39, 0.29) is 39.4 Å². The third-order valence-electron chi connectivity index (χ3n) is 8.25. The molecule has 0 aliphatic carbocycles.